The molecule has 4 aliphatic rings. The molecule has 4 aliphatic carbocycles. The van der Waals surface area contributed by atoms with Gasteiger partial charge in [0.25, 0.3) is 0 Å². The van der Waals surface area contributed by atoms with Crippen LogP contribution in [-0.2, 0) is 5.41 Å². The standard InChI is InChI=1S/C17H22Cl2N2/c1-9(2)13-14(18)20-16(21-15(13)19)17-6-10-3-11(7-17)5-12(4-10)8-17/h9-12H,3-8H2,1-2H3. The summed E-state index contributed by atoms with van der Waals surface area (Å²) < 4.78 is 0. The van der Waals surface area contributed by atoms with Gasteiger partial charge in [-0.3, -0.25) is 0 Å². The molecule has 4 bridgehead atoms. The van der Waals surface area contributed by atoms with Crippen LogP contribution in [0.2, 0.25) is 10.3 Å². The molecule has 0 spiro atoms. The molecule has 1 aromatic rings. The largest absolute Gasteiger partial charge is 0.220 e. The van der Waals surface area contributed by atoms with Crippen molar-refractivity contribution >= 4 is 23.2 Å². The second kappa shape index (κ2) is 4.83. The fourth-order valence-corrected chi connectivity index (χ4v) is 6.34. The van der Waals surface area contributed by atoms with E-state index in [1.54, 1.807) is 0 Å². The summed E-state index contributed by atoms with van der Waals surface area (Å²) in [6.07, 6.45) is 7.99. The van der Waals surface area contributed by atoms with Crippen molar-refractivity contribution in [3.05, 3.63) is 21.7 Å². The lowest BCUT2D eigenvalue weighted by Crippen LogP contribution is -2.49. The van der Waals surface area contributed by atoms with Crippen molar-refractivity contribution < 1.29 is 0 Å². The summed E-state index contributed by atoms with van der Waals surface area (Å²) in [5, 5.41) is 1.13. The van der Waals surface area contributed by atoms with Crippen molar-refractivity contribution in [1.82, 2.24) is 9.97 Å². The average Bonchev–Trinajstić information content (AvgIpc) is 2.35. The van der Waals surface area contributed by atoms with Crippen LogP contribution in [0.5, 0.6) is 0 Å². The molecule has 114 valence electrons. The Morgan fingerprint density at radius 1 is 0.905 bits per heavy atom. The Hall–Kier alpha value is -0.340. The number of hydrogen-bond donors (Lipinski definition) is 0. The maximum atomic E-state index is 6.43. The third kappa shape index (κ3) is 2.21. The fourth-order valence-electron chi connectivity index (χ4n) is 5.51. The number of rotatable bonds is 2. The van der Waals surface area contributed by atoms with Gasteiger partial charge in [0.15, 0.2) is 0 Å². The lowest BCUT2D eigenvalue weighted by Gasteiger charge is -2.56. The van der Waals surface area contributed by atoms with Gasteiger partial charge in [-0.05, 0) is 62.2 Å². The zero-order valence-corrected chi connectivity index (χ0v) is 14.2. The molecule has 0 N–H and O–H groups in total. The Kier molecular flexibility index (Phi) is 3.28. The summed E-state index contributed by atoms with van der Waals surface area (Å²) in [4.78, 5) is 9.43. The van der Waals surface area contributed by atoms with E-state index in [1.807, 2.05) is 0 Å². The van der Waals surface area contributed by atoms with Gasteiger partial charge < -0.3 is 0 Å². The van der Waals surface area contributed by atoms with Crippen LogP contribution < -0.4 is 0 Å². The summed E-state index contributed by atoms with van der Waals surface area (Å²) >= 11 is 12.9. The monoisotopic (exact) mass is 324 g/mol. The van der Waals surface area contributed by atoms with Gasteiger partial charge in [-0.2, -0.15) is 0 Å². The highest BCUT2D eigenvalue weighted by atomic mass is 35.5. The number of nitrogens with zero attached hydrogens (tertiary/aromatic N) is 2. The lowest BCUT2D eigenvalue weighted by atomic mass is 9.49. The molecule has 0 aromatic carbocycles. The van der Waals surface area contributed by atoms with Crippen molar-refractivity contribution in [3.8, 4) is 0 Å². The first-order valence-electron chi connectivity index (χ1n) is 8.20. The SMILES string of the molecule is CC(C)c1c(Cl)nc(C23CC4CC(CC(C4)C2)C3)nc1Cl. The molecule has 0 unspecified atom stereocenters. The Balaban J connectivity index is 1.77. The van der Waals surface area contributed by atoms with Crippen LogP contribution in [0.15, 0.2) is 0 Å². The molecule has 0 aliphatic heterocycles. The van der Waals surface area contributed by atoms with Crippen molar-refractivity contribution in [2.45, 2.75) is 63.7 Å². The van der Waals surface area contributed by atoms with Crippen molar-refractivity contribution in [3.63, 3.8) is 0 Å². The first-order chi connectivity index (χ1) is 9.97. The third-order valence-corrected chi connectivity index (χ3v) is 6.52. The highest BCUT2D eigenvalue weighted by Crippen LogP contribution is 2.60. The van der Waals surface area contributed by atoms with Gasteiger partial charge in [0, 0.05) is 11.0 Å². The highest BCUT2D eigenvalue weighted by Gasteiger charge is 2.53. The molecule has 0 radical (unpaired) electrons. The smallest absolute Gasteiger partial charge is 0.138 e. The predicted molar refractivity (Wildman–Crippen MR) is 86.0 cm³/mol. The second-order valence-electron chi connectivity index (χ2n) is 7.90. The van der Waals surface area contributed by atoms with E-state index >= 15 is 0 Å². The molecule has 1 aromatic heterocycles. The summed E-state index contributed by atoms with van der Waals surface area (Å²) in [6.45, 7) is 4.17. The van der Waals surface area contributed by atoms with Crippen molar-refractivity contribution in [1.29, 1.82) is 0 Å². The maximum absolute atomic E-state index is 6.43. The van der Waals surface area contributed by atoms with Crippen molar-refractivity contribution in [2.75, 3.05) is 0 Å². The Morgan fingerprint density at radius 3 is 1.71 bits per heavy atom. The second-order valence-corrected chi connectivity index (χ2v) is 8.61. The number of aromatic nitrogens is 2. The van der Waals surface area contributed by atoms with E-state index in [0.717, 1.165) is 29.1 Å². The third-order valence-electron chi connectivity index (χ3n) is 5.94. The quantitative estimate of drug-likeness (QED) is 0.683. The fraction of sp³-hybridized carbons (Fsp3) is 0.765. The minimum Gasteiger partial charge on any atom is -0.220 e. The highest BCUT2D eigenvalue weighted by molar-refractivity contribution is 6.34. The lowest BCUT2D eigenvalue weighted by molar-refractivity contribution is -0.00941. The molecule has 1 heterocycles. The average molecular weight is 325 g/mol. The normalized spacial score (nSPS) is 37.5. The van der Waals surface area contributed by atoms with Gasteiger partial charge in [0.1, 0.15) is 16.1 Å². The predicted octanol–water partition coefficient (Wildman–Crippen LogP) is 5.37. The number of hydrogen-bond acceptors (Lipinski definition) is 2. The molecular formula is C17H22Cl2N2. The topological polar surface area (TPSA) is 25.8 Å². The van der Waals surface area contributed by atoms with Gasteiger partial charge in [-0.25, -0.2) is 9.97 Å². The molecule has 4 heteroatoms. The summed E-state index contributed by atoms with van der Waals surface area (Å²) in [6, 6.07) is 0. The van der Waals surface area contributed by atoms with Crippen LogP contribution >= 0.6 is 23.2 Å². The molecule has 4 fully saturated rings. The number of halogens is 2. The minimum absolute atomic E-state index is 0.164. The first kappa shape index (κ1) is 14.3. The molecule has 0 atom stereocenters. The first-order valence-corrected chi connectivity index (χ1v) is 8.96. The van der Waals surface area contributed by atoms with Crippen LogP contribution in [-0.4, -0.2) is 9.97 Å². The zero-order valence-electron chi connectivity index (χ0n) is 12.7. The van der Waals surface area contributed by atoms with Gasteiger partial charge in [0.2, 0.25) is 0 Å². The van der Waals surface area contributed by atoms with E-state index in [-0.39, 0.29) is 11.3 Å². The summed E-state index contributed by atoms with van der Waals surface area (Å²) in [5.74, 6) is 3.82. The summed E-state index contributed by atoms with van der Waals surface area (Å²) in [7, 11) is 0. The van der Waals surface area contributed by atoms with E-state index < -0.39 is 0 Å². The van der Waals surface area contributed by atoms with E-state index in [9.17, 15) is 0 Å². The van der Waals surface area contributed by atoms with Gasteiger partial charge in [0.05, 0.1) is 0 Å². The van der Waals surface area contributed by atoms with E-state index in [4.69, 9.17) is 33.2 Å². The van der Waals surface area contributed by atoms with Crippen LogP contribution in [0.4, 0.5) is 0 Å². The molecule has 5 rings (SSSR count). The van der Waals surface area contributed by atoms with Crippen LogP contribution in [0, 0.1) is 17.8 Å². The zero-order chi connectivity index (χ0) is 14.8. The molecule has 0 amide bonds. The Morgan fingerprint density at radius 2 is 1.33 bits per heavy atom. The minimum atomic E-state index is 0.164. The Labute approximate surface area is 136 Å². The summed E-state index contributed by atoms with van der Waals surface area (Å²) in [5.41, 5.74) is 1.06. The van der Waals surface area contributed by atoms with Gasteiger partial charge >= 0.3 is 0 Å². The molecule has 21 heavy (non-hydrogen) atoms. The molecule has 0 saturated heterocycles. The van der Waals surface area contributed by atoms with Crippen molar-refractivity contribution in [2.24, 2.45) is 17.8 Å². The van der Waals surface area contributed by atoms with Gasteiger partial charge in [-0.1, -0.05) is 37.0 Å². The van der Waals surface area contributed by atoms with E-state index in [0.29, 0.717) is 10.3 Å². The van der Waals surface area contributed by atoms with E-state index in [2.05, 4.69) is 13.8 Å². The van der Waals surface area contributed by atoms with Crippen LogP contribution in [0.3, 0.4) is 0 Å². The van der Waals surface area contributed by atoms with Crippen LogP contribution in [0.1, 0.15) is 69.7 Å². The van der Waals surface area contributed by atoms with Crippen LogP contribution in [0.25, 0.3) is 0 Å². The maximum Gasteiger partial charge on any atom is 0.138 e. The molecule has 4 saturated carbocycles. The Bertz CT molecular complexity index is 524. The van der Waals surface area contributed by atoms with E-state index in [1.165, 1.54) is 38.5 Å². The molecule has 2 nitrogen and oxygen atoms in total. The molecular weight excluding hydrogens is 303 g/mol. The van der Waals surface area contributed by atoms with Gasteiger partial charge in [-0.15, -0.1) is 0 Å².